The highest BCUT2D eigenvalue weighted by atomic mass is 32.2. The van der Waals surface area contributed by atoms with E-state index in [9.17, 15) is 21.2 Å². The predicted molar refractivity (Wildman–Crippen MR) is 105 cm³/mol. The van der Waals surface area contributed by atoms with Crippen LogP contribution < -0.4 is 4.72 Å². The highest BCUT2D eigenvalue weighted by molar-refractivity contribution is 7.89. The highest BCUT2D eigenvalue weighted by Crippen LogP contribution is 2.23. The van der Waals surface area contributed by atoms with Crippen LogP contribution in [0.1, 0.15) is 30.4 Å². The van der Waals surface area contributed by atoms with Crippen molar-refractivity contribution in [2.45, 2.75) is 36.5 Å². The van der Waals surface area contributed by atoms with Gasteiger partial charge in [0.25, 0.3) is 0 Å². The summed E-state index contributed by atoms with van der Waals surface area (Å²) in [6.45, 7) is 0.826. The predicted octanol–water partition coefficient (Wildman–Crippen LogP) is 2.62. The van der Waals surface area contributed by atoms with Crippen molar-refractivity contribution < 1.29 is 21.2 Å². The molecule has 0 radical (unpaired) electrons. The van der Waals surface area contributed by atoms with Crippen LogP contribution in [-0.4, -0.2) is 34.2 Å². The van der Waals surface area contributed by atoms with E-state index in [0.29, 0.717) is 24.2 Å². The fourth-order valence-electron chi connectivity index (χ4n) is 3.18. The lowest BCUT2D eigenvalue weighted by molar-refractivity contribution is 0.346. The Morgan fingerprint density at radius 2 is 1.54 bits per heavy atom. The molecule has 0 aromatic heterocycles. The Kier molecular flexibility index (Phi) is 6.49. The van der Waals surface area contributed by atoms with Crippen molar-refractivity contribution in [1.29, 1.82) is 0 Å². The number of hydrogen-bond acceptors (Lipinski definition) is 4. The van der Waals surface area contributed by atoms with Gasteiger partial charge in [0.1, 0.15) is 5.82 Å². The Balaban J connectivity index is 1.75. The molecule has 6 nitrogen and oxygen atoms in total. The molecule has 0 aliphatic carbocycles. The maximum absolute atomic E-state index is 13.0. The van der Waals surface area contributed by atoms with E-state index in [1.165, 1.54) is 34.6 Å². The molecule has 0 saturated carbocycles. The SMILES string of the molecule is O=S(=O)(Cc1ccc(F)cc1)NCc1ccccc1S(=O)(=O)N1CCCCC1. The van der Waals surface area contributed by atoms with Gasteiger partial charge in [0.2, 0.25) is 20.0 Å². The van der Waals surface area contributed by atoms with Gasteiger partial charge in [-0.3, -0.25) is 0 Å². The molecule has 0 amide bonds. The molecule has 1 N–H and O–H groups in total. The fraction of sp³-hybridized carbons (Fsp3) is 0.368. The second-order valence-electron chi connectivity index (χ2n) is 6.78. The number of halogens is 1. The van der Waals surface area contributed by atoms with E-state index in [0.717, 1.165) is 19.3 Å². The first-order valence-electron chi connectivity index (χ1n) is 9.08. The molecule has 0 bridgehead atoms. The Morgan fingerprint density at radius 1 is 0.893 bits per heavy atom. The van der Waals surface area contributed by atoms with Gasteiger partial charge in [-0.25, -0.2) is 25.9 Å². The normalized spacial score (nSPS) is 16.2. The van der Waals surface area contributed by atoms with E-state index >= 15 is 0 Å². The zero-order valence-electron chi connectivity index (χ0n) is 15.3. The molecule has 1 saturated heterocycles. The van der Waals surface area contributed by atoms with E-state index in [-0.39, 0.29) is 17.2 Å². The van der Waals surface area contributed by atoms with Gasteiger partial charge in [-0.1, -0.05) is 36.8 Å². The van der Waals surface area contributed by atoms with E-state index in [2.05, 4.69) is 4.72 Å². The van der Waals surface area contributed by atoms with Crippen molar-refractivity contribution in [2.24, 2.45) is 0 Å². The summed E-state index contributed by atoms with van der Waals surface area (Å²) in [6, 6.07) is 11.6. The molecule has 1 aliphatic heterocycles. The number of benzene rings is 2. The molecule has 1 fully saturated rings. The van der Waals surface area contributed by atoms with Crippen LogP contribution in [0.4, 0.5) is 4.39 Å². The largest absolute Gasteiger partial charge is 0.243 e. The van der Waals surface area contributed by atoms with Crippen molar-refractivity contribution in [3.05, 3.63) is 65.5 Å². The molecule has 1 aliphatic rings. The molecular formula is C19H23FN2O4S2. The summed E-state index contributed by atoms with van der Waals surface area (Å²) in [5.41, 5.74) is 0.846. The molecule has 1 heterocycles. The van der Waals surface area contributed by atoms with Gasteiger partial charge >= 0.3 is 0 Å². The fourth-order valence-corrected chi connectivity index (χ4v) is 6.03. The average Bonchev–Trinajstić information content (AvgIpc) is 2.69. The smallest absolute Gasteiger partial charge is 0.212 e. The minimum atomic E-state index is -3.71. The molecule has 0 unspecified atom stereocenters. The van der Waals surface area contributed by atoms with Gasteiger partial charge in [-0.05, 0) is 42.2 Å². The maximum Gasteiger partial charge on any atom is 0.243 e. The minimum Gasteiger partial charge on any atom is -0.212 e. The molecule has 2 aromatic rings. The van der Waals surface area contributed by atoms with Crippen LogP contribution in [0.5, 0.6) is 0 Å². The molecular weight excluding hydrogens is 403 g/mol. The molecule has 3 rings (SSSR count). The third kappa shape index (κ3) is 5.16. The number of sulfonamides is 2. The van der Waals surface area contributed by atoms with E-state index in [4.69, 9.17) is 0 Å². The second kappa shape index (κ2) is 8.69. The molecule has 9 heteroatoms. The quantitative estimate of drug-likeness (QED) is 0.738. The topological polar surface area (TPSA) is 83.5 Å². The van der Waals surface area contributed by atoms with E-state index in [1.807, 2.05) is 0 Å². The Hall–Kier alpha value is -1.81. The number of nitrogens with zero attached hydrogens (tertiary/aromatic N) is 1. The summed E-state index contributed by atoms with van der Waals surface area (Å²) in [4.78, 5) is 0.126. The van der Waals surface area contributed by atoms with Crippen molar-refractivity contribution >= 4 is 20.0 Å². The minimum absolute atomic E-state index is 0.126. The Morgan fingerprint density at radius 3 is 2.21 bits per heavy atom. The van der Waals surface area contributed by atoms with Crippen molar-refractivity contribution in [3.8, 4) is 0 Å². The number of rotatable bonds is 7. The summed E-state index contributed by atoms with van der Waals surface area (Å²) in [7, 11) is -7.38. The maximum atomic E-state index is 13.0. The Labute approximate surface area is 165 Å². The van der Waals surface area contributed by atoms with Gasteiger partial charge in [0.05, 0.1) is 10.6 Å². The van der Waals surface area contributed by atoms with Crippen LogP contribution in [0.25, 0.3) is 0 Å². The monoisotopic (exact) mass is 426 g/mol. The van der Waals surface area contributed by atoms with Crippen LogP contribution in [0.3, 0.4) is 0 Å². The zero-order chi connectivity index (χ0) is 20.2. The van der Waals surface area contributed by atoms with Gasteiger partial charge in [0, 0.05) is 19.6 Å². The first-order valence-corrected chi connectivity index (χ1v) is 12.2. The standard InChI is InChI=1S/C19H23FN2O4S2/c20-18-10-8-16(9-11-18)15-27(23,24)21-14-17-6-2-3-7-19(17)28(25,26)22-12-4-1-5-13-22/h2-3,6-11,21H,1,4-5,12-15H2. The van der Waals surface area contributed by atoms with Crippen LogP contribution in [0.2, 0.25) is 0 Å². The lowest BCUT2D eigenvalue weighted by Gasteiger charge is -2.26. The van der Waals surface area contributed by atoms with Crippen LogP contribution >= 0.6 is 0 Å². The summed E-state index contributed by atoms with van der Waals surface area (Å²) in [6.07, 6.45) is 2.66. The third-order valence-electron chi connectivity index (χ3n) is 4.66. The number of piperidine rings is 1. The second-order valence-corrected chi connectivity index (χ2v) is 10.5. The Bertz CT molecular complexity index is 1020. The summed E-state index contributed by atoms with van der Waals surface area (Å²) < 4.78 is 67.5. The molecule has 2 aromatic carbocycles. The van der Waals surface area contributed by atoms with Gasteiger partial charge < -0.3 is 0 Å². The molecule has 152 valence electrons. The van der Waals surface area contributed by atoms with Crippen LogP contribution in [0, 0.1) is 5.82 Å². The number of nitrogens with one attached hydrogen (secondary N) is 1. The lowest BCUT2D eigenvalue weighted by atomic mass is 10.2. The van der Waals surface area contributed by atoms with Crippen molar-refractivity contribution in [3.63, 3.8) is 0 Å². The van der Waals surface area contributed by atoms with Gasteiger partial charge in [0.15, 0.2) is 0 Å². The first-order chi connectivity index (χ1) is 13.3. The summed E-state index contributed by atoms with van der Waals surface area (Å²) >= 11 is 0. The summed E-state index contributed by atoms with van der Waals surface area (Å²) in [5, 5.41) is 0. The average molecular weight is 427 g/mol. The van der Waals surface area contributed by atoms with Crippen molar-refractivity contribution in [1.82, 2.24) is 9.03 Å². The lowest BCUT2D eigenvalue weighted by Crippen LogP contribution is -2.36. The molecule has 0 spiro atoms. The zero-order valence-corrected chi connectivity index (χ0v) is 17.0. The van der Waals surface area contributed by atoms with Gasteiger partial charge in [-0.15, -0.1) is 0 Å². The van der Waals surface area contributed by atoms with Gasteiger partial charge in [-0.2, -0.15) is 4.31 Å². The van der Waals surface area contributed by atoms with E-state index in [1.54, 1.807) is 18.2 Å². The van der Waals surface area contributed by atoms with Crippen LogP contribution in [0.15, 0.2) is 53.4 Å². The number of hydrogen-bond donors (Lipinski definition) is 1. The van der Waals surface area contributed by atoms with Crippen LogP contribution in [-0.2, 0) is 32.3 Å². The van der Waals surface area contributed by atoms with Crippen molar-refractivity contribution in [2.75, 3.05) is 13.1 Å². The highest BCUT2D eigenvalue weighted by Gasteiger charge is 2.28. The first kappa shape index (κ1) is 20.9. The molecule has 28 heavy (non-hydrogen) atoms. The summed E-state index contributed by atoms with van der Waals surface area (Å²) in [5.74, 6) is -0.750. The third-order valence-corrected chi connectivity index (χ3v) is 7.95. The van der Waals surface area contributed by atoms with E-state index < -0.39 is 25.9 Å². The molecule has 0 atom stereocenters.